The van der Waals surface area contributed by atoms with Crippen LogP contribution in [0.4, 0.5) is 0 Å². The van der Waals surface area contributed by atoms with E-state index in [1.807, 2.05) is 6.08 Å². The Hall–Kier alpha value is -1.92. The molecule has 0 aliphatic heterocycles. The van der Waals surface area contributed by atoms with Crippen LogP contribution in [0, 0.1) is 0 Å². The Morgan fingerprint density at radius 2 is 0.500 bits per heavy atom. The van der Waals surface area contributed by atoms with Crippen LogP contribution in [0.25, 0.3) is 0 Å². The molecule has 6 nitrogen and oxygen atoms in total. The van der Waals surface area contributed by atoms with Crippen molar-refractivity contribution in [2.24, 2.45) is 0 Å². The number of allylic oxidation sites excluding steroid dienone is 5. The third kappa shape index (κ3) is 79.1. The van der Waals surface area contributed by atoms with Crippen molar-refractivity contribution in [1.29, 1.82) is 0 Å². The lowest BCUT2D eigenvalue weighted by atomic mass is 10.0. The van der Waals surface area contributed by atoms with Crippen molar-refractivity contribution >= 4 is 11.9 Å². The minimum Gasteiger partial charge on any atom is -0.466 e. The Morgan fingerprint density at radius 3 is 0.755 bits per heavy atom. The summed E-state index contributed by atoms with van der Waals surface area (Å²) < 4.78 is 5.50. The minimum absolute atomic E-state index is 0.0142. The van der Waals surface area contributed by atoms with E-state index in [-0.39, 0.29) is 18.5 Å². The number of unbranched alkanes of at least 4 members (excludes halogenated alkanes) is 67. The number of aliphatic hydroxyl groups excluding tert-OH is 2. The molecule has 0 saturated heterocycles. The van der Waals surface area contributed by atoms with E-state index in [0.717, 1.165) is 44.9 Å². The molecule has 0 bridgehead atoms. The molecule has 2 unspecified atom stereocenters. The molecule has 3 N–H and O–H groups in total. The van der Waals surface area contributed by atoms with Crippen LogP contribution in [0.1, 0.15) is 489 Å². The van der Waals surface area contributed by atoms with Crippen molar-refractivity contribution < 1.29 is 24.5 Å². The van der Waals surface area contributed by atoms with Gasteiger partial charge in [-0.1, -0.05) is 429 Å². The summed E-state index contributed by atoms with van der Waals surface area (Å²) in [4.78, 5) is 24.7. The van der Waals surface area contributed by atoms with Crippen LogP contribution in [0.2, 0.25) is 0 Å². The van der Waals surface area contributed by atoms with Crippen molar-refractivity contribution in [3.05, 3.63) is 36.5 Å². The predicted molar refractivity (Wildman–Crippen MR) is 416 cm³/mol. The lowest BCUT2D eigenvalue weighted by Gasteiger charge is -2.20. The number of ether oxygens (including phenoxy) is 1. The van der Waals surface area contributed by atoms with E-state index in [4.69, 9.17) is 4.74 Å². The molecule has 0 aromatic heterocycles. The fourth-order valence-corrected chi connectivity index (χ4v) is 13.8. The van der Waals surface area contributed by atoms with Gasteiger partial charge in [0.25, 0.3) is 0 Å². The summed E-state index contributed by atoms with van der Waals surface area (Å²) >= 11 is 0. The molecule has 0 aromatic carbocycles. The zero-order valence-corrected chi connectivity index (χ0v) is 64.0. The first-order valence-electron chi connectivity index (χ1n) is 43.3. The SMILES string of the molecule is CCCCCCCC/C=C\CCCCCCCC(=O)OCCCCCCCCCCCCCCCCCC/C=C\CCCCCCCCCCCCCCCCCCCC(=O)NC(CO)C(O)/C=C/CCCCCCCCCCCCCCCCCCCCCCCCC. The van der Waals surface area contributed by atoms with Crippen LogP contribution in [0.5, 0.6) is 0 Å². The Labute approximate surface area is 589 Å². The summed E-state index contributed by atoms with van der Waals surface area (Å²) in [5.74, 6) is -0.0442. The summed E-state index contributed by atoms with van der Waals surface area (Å²) in [5.41, 5.74) is 0. The molecular formula is C88H169NO5. The van der Waals surface area contributed by atoms with Crippen LogP contribution in [0.15, 0.2) is 36.5 Å². The Bertz CT molecular complexity index is 1520. The van der Waals surface area contributed by atoms with Crippen molar-refractivity contribution in [2.75, 3.05) is 13.2 Å². The molecule has 0 aromatic rings. The van der Waals surface area contributed by atoms with Crippen LogP contribution in [0.3, 0.4) is 0 Å². The molecule has 94 heavy (non-hydrogen) atoms. The minimum atomic E-state index is -0.844. The highest BCUT2D eigenvalue weighted by molar-refractivity contribution is 5.76. The van der Waals surface area contributed by atoms with E-state index in [0.29, 0.717) is 19.4 Å². The van der Waals surface area contributed by atoms with Crippen molar-refractivity contribution in [3.8, 4) is 0 Å². The fraction of sp³-hybridized carbons (Fsp3) is 0.909. The van der Waals surface area contributed by atoms with Crippen LogP contribution >= 0.6 is 0 Å². The molecule has 0 fully saturated rings. The summed E-state index contributed by atoms with van der Waals surface area (Å²) in [6.07, 6.45) is 110. The van der Waals surface area contributed by atoms with Crippen LogP contribution in [-0.2, 0) is 14.3 Å². The second-order valence-corrected chi connectivity index (χ2v) is 29.9. The number of rotatable bonds is 82. The molecule has 0 spiro atoms. The van der Waals surface area contributed by atoms with Gasteiger partial charge in [-0.3, -0.25) is 9.59 Å². The smallest absolute Gasteiger partial charge is 0.305 e. The number of hydrogen-bond acceptors (Lipinski definition) is 5. The summed E-state index contributed by atoms with van der Waals surface area (Å²) in [7, 11) is 0. The zero-order chi connectivity index (χ0) is 67.7. The van der Waals surface area contributed by atoms with Gasteiger partial charge in [-0.2, -0.15) is 0 Å². The number of carbonyl (C=O) groups excluding carboxylic acids is 2. The molecule has 2 atom stereocenters. The molecule has 0 radical (unpaired) electrons. The maximum absolute atomic E-state index is 12.6. The molecule has 0 rings (SSSR count). The number of hydrogen-bond donors (Lipinski definition) is 3. The van der Waals surface area contributed by atoms with Crippen molar-refractivity contribution in [3.63, 3.8) is 0 Å². The standard InChI is InChI=1S/C88H169NO5/c1-3-5-7-9-11-13-15-17-19-20-21-22-23-37-40-43-46-49-53-56-60-64-68-72-76-80-86(91)85(84-90)89-87(92)81-77-73-69-65-61-57-54-50-47-44-41-38-35-33-31-29-27-25-24-26-28-30-32-34-36-39-42-45-48-51-55-59-63-67-71-75-79-83-94-88(93)82-78-74-70-66-62-58-52-18-16-14-12-10-8-6-4-2/h18,24,26,52,76,80,85-86,90-91H,3-17,19-23,25,27-51,53-75,77-79,81-84H2,1-2H3,(H,89,92)/b26-24-,52-18-,80-76+. The Morgan fingerprint density at radius 1 is 0.287 bits per heavy atom. The van der Waals surface area contributed by atoms with Gasteiger partial charge in [-0.05, 0) is 83.5 Å². The highest BCUT2D eigenvalue weighted by Crippen LogP contribution is 2.20. The van der Waals surface area contributed by atoms with Crippen molar-refractivity contribution in [2.45, 2.75) is 501 Å². The van der Waals surface area contributed by atoms with E-state index in [2.05, 4.69) is 43.5 Å². The van der Waals surface area contributed by atoms with Gasteiger partial charge in [0.05, 0.1) is 25.4 Å². The molecule has 0 saturated carbocycles. The highest BCUT2D eigenvalue weighted by atomic mass is 16.5. The maximum atomic E-state index is 12.6. The maximum Gasteiger partial charge on any atom is 0.305 e. The number of aliphatic hydroxyl groups is 2. The average molecular weight is 1320 g/mol. The van der Waals surface area contributed by atoms with Gasteiger partial charge in [0.1, 0.15) is 0 Å². The highest BCUT2D eigenvalue weighted by Gasteiger charge is 2.18. The summed E-state index contributed by atoms with van der Waals surface area (Å²) in [6, 6.07) is -0.627. The topological polar surface area (TPSA) is 95.9 Å². The molecule has 1 amide bonds. The first kappa shape index (κ1) is 92.1. The van der Waals surface area contributed by atoms with Gasteiger partial charge in [0.2, 0.25) is 5.91 Å². The van der Waals surface area contributed by atoms with E-state index in [1.54, 1.807) is 6.08 Å². The largest absolute Gasteiger partial charge is 0.466 e. The molecule has 0 heterocycles. The first-order chi connectivity index (χ1) is 46.5. The molecule has 6 heteroatoms. The van der Waals surface area contributed by atoms with E-state index in [1.165, 1.54) is 417 Å². The van der Waals surface area contributed by atoms with Gasteiger partial charge >= 0.3 is 5.97 Å². The van der Waals surface area contributed by atoms with Gasteiger partial charge in [-0.15, -0.1) is 0 Å². The molecule has 556 valence electrons. The third-order valence-electron chi connectivity index (χ3n) is 20.4. The normalized spacial score (nSPS) is 12.6. The van der Waals surface area contributed by atoms with Gasteiger partial charge in [0.15, 0.2) is 0 Å². The second kappa shape index (κ2) is 83.5. The van der Waals surface area contributed by atoms with Crippen LogP contribution in [-0.4, -0.2) is 47.4 Å². The first-order valence-corrected chi connectivity index (χ1v) is 43.3. The molecule has 0 aliphatic carbocycles. The zero-order valence-electron chi connectivity index (χ0n) is 64.0. The Kier molecular flexibility index (Phi) is 81.8. The summed E-state index contributed by atoms with van der Waals surface area (Å²) in [5, 5.41) is 23.3. The second-order valence-electron chi connectivity index (χ2n) is 29.9. The lowest BCUT2D eigenvalue weighted by molar-refractivity contribution is -0.143. The molecule has 0 aliphatic rings. The average Bonchev–Trinajstić information content (AvgIpc) is 3.59. The van der Waals surface area contributed by atoms with E-state index in [9.17, 15) is 19.8 Å². The molecular weight excluding hydrogens is 1150 g/mol. The third-order valence-corrected chi connectivity index (χ3v) is 20.4. The van der Waals surface area contributed by atoms with E-state index >= 15 is 0 Å². The Balaban J connectivity index is 3.36. The van der Waals surface area contributed by atoms with Crippen LogP contribution < -0.4 is 5.32 Å². The van der Waals surface area contributed by atoms with Crippen molar-refractivity contribution in [1.82, 2.24) is 5.32 Å². The number of carbonyl (C=O) groups is 2. The predicted octanol–water partition coefficient (Wildman–Crippen LogP) is 28.9. The number of amides is 1. The summed E-state index contributed by atoms with van der Waals surface area (Å²) in [6.45, 7) is 4.95. The quantitative estimate of drug-likeness (QED) is 0.0320. The number of esters is 1. The monoisotopic (exact) mass is 1320 g/mol. The number of nitrogens with one attached hydrogen (secondary N) is 1. The van der Waals surface area contributed by atoms with Gasteiger partial charge in [-0.25, -0.2) is 0 Å². The van der Waals surface area contributed by atoms with Gasteiger partial charge in [0, 0.05) is 12.8 Å². The van der Waals surface area contributed by atoms with E-state index < -0.39 is 12.1 Å². The lowest BCUT2D eigenvalue weighted by Crippen LogP contribution is -2.45. The van der Waals surface area contributed by atoms with Gasteiger partial charge < -0.3 is 20.3 Å². The fourth-order valence-electron chi connectivity index (χ4n) is 13.8.